The van der Waals surface area contributed by atoms with Crippen molar-refractivity contribution in [2.24, 2.45) is 5.14 Å². The predicted molar refractivity (Wildman–Crippen MR) is 98.7 cm³/mol. The number of carbonyl (C=O) groups excluding carboxylic acids is 1. The summed E-state index contributed by atoms with van der Waals surface area (Å²) in [7, 11) is -3.82. The normalized spacial score (nSPS) is 17.6. The molecule has 7 nitrogen and oxygen atoms in total. The molecule has 0 atom stereocenters. The van der Waals surface area contributed by atoms with Crippen molar-refractivity contribution in [3.8, 4) is 0 Å². The lowest BCUT2D eigenvalue weighted by Crippen LogP contribution is -2.46. The molecule has 1 aromatic carbocycles. The van der Waals surface area contributed by atoms with Crippen molar-refractivity contribution in [1.29, 1.82) is 0 Å². The molecule has 0 unspecified atom stereocenters. The fraction of sp³-hybridized carbons (Fsp3) is 0.562. The fourth-order valence-corrected chi connectivity index (χ4v) is 4.28. The first kappa shape index (κ1) is 20.1. The highest BCUT2D eigenvalue weighted by molar-refractivity contribution is 7.89. The Morgan fingerprint density at radius 2 is 1.96 bits per heavy atom. The van der Waals surface area contributed by atoms with E-state index in [-0.39, 0.29) is 23.2 Å². The molecule has 0 aromatic heterocycles. The summed E-state index contributed by atoms with van der Waals surface area (Å²) in [5.74, 6) is -0.246. The maximum absolute atomic E-state index is 12.4. The second-order valence-corrected chi connectivity index (χ2v) is 7.89. The van der Waals surface area contributed by atoms with Crippen LogP contribution >= 0.6 is 12.4 Å². The van der Waals surface area contributed by atoms with Gasteiger partial charge in [0.15, 0.2) is 0 Å². The number of nitrogens with one attached hydrogen (secondary N) is 2. The van der Waals surface area contributed by atoms with Crippen LogP contribution in [0.5, 0.6) is 0 Å². The Morgan fingerprint density at radius 3 is 2.64 bits per heavy atom. The highest BCUT2D eigenvalue weighted by Gasteiger charge is 2.24. The van der Waals surface area contributed by atoms with E-state index in [1.54, 1.807) is 6.07 Å². The number of hydrogen-bond donors (Lipinski definition) is 3. The topological polar surface area (TPSA) is 105 Å². The summed E-state index contributed by atoms with van der Waals surface area (Å²) in [6.07, 6.45) is 2.39. The van der Waals surface area contributed by atoms with Gasteiger partial charge in [0.25, 0.3) is 5.91 Å². The van der Waals surface area contributed by atoms with Crippen LogP contribution in [-0.4, -0.2) is 58.5 Å². The summed E-state index contributed by atoms with van der Waals surface area (Å²) in [6, 6.07) is 3.22. The molecule has 1 fully saturated rings. The lowest BCUT2D eigenvalue weighted by Gasteiger charge is -2.27. The van der Waals surface area contributed by atoms with Crippen LogP contribution in [0.15, 0.2) is 17.0 Å². The van der Waals surface area contributed by atoms with Crippen LogP contribution in [-0.2, 0) is 22.9 Å². The highest BCUT2D eigenvalue weighted by atomic mass is 35.5. The minimum atomic E-state index is -3.82. The highest BCUT2D eigenvalue weighted by Crippen LogP contribution is 2.29. The molecular formula is C16H25ClN4O3S. The van der Waals surface area contributed by atoms with Gasteiger partial charge in [0.2, 0.25) is 10.0 Å². The molecule has 1 heterocycles. The average Bonchev–Trinajstić information content (AvgIpc) is 3.02. The van der Waals surface area contributed by atoms with Gasteiger partial charge in [-0.3, -0.25) is 9.69 Å². The molecule has 0 radical (unpaired) electrons. The molecule has 1 amide bonds. The fourth-order valence-electron chi connectivity index (χ4n) is 3.41. The largest absolute Gasteiger partial charge is 0.351 e. The van der Waals surface area contributed by atoms with Gasteiger partial charge in [0, 0.05) is 44.8 Å². The van der Waals surface area contributed by atoms with Gasteiger partial charge in [0.05, 0.1) is 4.90 Å². The van der Waals surface area contributed by atoms with Gasteiger partial charge in [0.1, 0.15) is 0 Å². The van der Waals surface area contributed by atoms with Crippen LogP contribution in [0.25, 0.3) is 0 Å². The molecule has 140 valence electrons. The minimum absolute atomic E-state index is 0. The van der Waals surface area contributed by atoms with E-state index in [1.807, 2.05) is 0 Å². The summed E-state index contributed by atoms with van der Waals surface area (Å²) in [5, 5.41) is 11.5. The van der Waals surface area contributed by atoms with Gasteiger partial charge < -0.3 is 10.6 Å². The van der Waals surface area contributed by atoms with E-state index in [2.05, 4.69) is 15.5 Å². The number of halogens is 1. The zero-order valence-corrected chi connectivity index (χ0v) is 15.7. The molecule has 3 rings (SSSR count). The van der Waals surface area contributed by atoms with E-state index in [4.69, 9.17) is 5.14 Å². The molecule has 1 aliphatic carbocycles. The van der Waals surface area contributed by atoms with Crippen molar-refractivity contribution < 1.29 is 13.2 Å². The second kappa shape index (κ2) is 8.46. The zero-order chi connectivity index (χ0) is 17.2. The molecule has 0 saturated carbocycles. The number of primary sulfonamides is 1. The monoisotopic (exact) mass is 388 g/mol. The molecule has 25 heavy (non-hydrogen) atoms. The van der Waals surface area contributed by atoms with Crippen LogP contribution in [0.1, 0.15) is 27.9 Å². The zero-order valence-electron chi connectivity index (χ0n) is 14.1. The molecular weight excluding hydrogens is 364 g/mol. The molecule has 1 aromatic rings. The first-order valence-corrected chi connectivity index (χ1v) is 9.89. The van der Waals surface area contributed by atoms with Crippen molar-refractivity contribution in [2.75, 3.05) is 39.3 Å². The predicted octanol–water partition coefficient (Wildman–Crippen LogP) is -0.120. The Labute approximate surface area is 154 Å². The van der Waals surface area contributed by atoms with Crippen LogP contribution in [0.2, 0.25) is 0 Å². The Balaban J connectivity index is 0.00000225. The summed E-state index contributed by atoms with van der Waals surface area (Å²) >= 11 is 0. The third kappa shape index (κ3) is 4.92. The summed E-state index contributed by atoms with van der Waals surface area (Å²) < 4.78 is 23.6. The third-order valence-electron chi connectivity index (χ3n) is 4.67. The van der Waals surface area contributed by atoms with Crippen molar-refractivity contribution in [1.82, 2.24) is 15.5 Å². The number of nitrogens with two attached hydrogens (primary N) is 1. The summed E-state index contributed by atoms with van der Waals surface area (Å²) in [5.41, 5.74) is 2.07. The quantitative estimate of drug-likeness (QED) is 0.652. The Morgan fingerprint density at radius 1 is 1.24 bits per heavy atom. The Hall–Kier alpha value is -1.19. The van der Waals surface area contributed by atoms with Gasteiger partial charge in [-0.2, -0.15) is 0 Å². The molecule has 0 spiro atoms. The molecule has 1 aliphatic heterocycles. The maximum atomic E-state index is 12.4. The van der Waals surface area contributed by atoms with Crippen LogP contribution in [0, 0.1) is 0 Å². The van der Waals surface area contributed by atoms with E-state index in [1.165, 1.54) is 6.07 Å². The SMILES string of the molecule is Cl.NS(=O)(=O)c1cc(C(=O)NCCN2CCNCC2)cc2c1CCC2. The summed E-state index contributed by atoms with van der Waals surface area (Å²) in [4.78, 5) is 14.8. The molecule has 2 aliphatic rings. The van der Waals surface area contributed by atoms with Crippen molar-refractivity contribution >= 4 is 28.3 Å². The molecule has 1 saturated heterocycles. The molecule has 9 heteroatoms. The van der Waals surface area contributed by atoms with E-state index >= 15 is 0 Å². The number of benzene rings is 1. The number of fused-ring (bicyclic) bond motifs is 1. The van der Waals surface area contributed by atoms with Gasteiger partial charge in [-0.1, -0.05) is 0 Å². The van der Waals surface area contributed by atoms with E-state index in [0.717, 1.165) is 56.7 Å². The van der Waals surface area contributed by atoms with Crippen molar-refractivity contribution in [3.05, 3.63) is 28.8 Å². The van der Waals surface area contributed by atoms with Gasteiger partial charge in [-0.25, -0.2) is 13.6 Å². The smallest absolute Gasteiger partial charge is 0.251 e. The number of rotatable bonds is 5. The maximum Gasteiger partial charge on any atom is 0.251 e. The van der Waals surface area contributed by atoms with Gasteiger partial charge >= 0.3 is 0 Å². The van der Waals surface area contributed by atoms with Gasteiger partial charge in [-0.15, -0.1) is 12.4 Å². The van der Waals surface area contributed by atoms with E-state index in [0.29, 0.717) is 18.5 Å². The number of nitrogens with zero attached hydrogens (tertiary/aromatic N) is 1. The molecule has 4 N–H and O–H groups in total. The van der Waals surface area contributed by atoms with E-state index in [9.17, 15) is 13.2 Å². The Bertz CT molecular complexity index is 733. The lowest BCUT2D eigenvalue weighted by molar-refractivity contribution is 0.0947. The number of aryl methyl sites for hydroxylation is 1. The summed E-state index contributed by atoms with van der Waals surface area (Å²) in [6.45, 7) is 5.22. The van der Waals surface area contributed by atoms with Gasteiger partial charge in [-0.05, 0) is 42.5 Å². The van der Waals surface area contributed by atoms with Crippen LogP contribution < -0.4 is 15.8 Å². The lowest BCUT2D eigenvalue weighted by atomic mass is 10.1. The van der Waals surface area contributed by atoms with Crippen LogP contribution in [0.3, 0.4) is 0 Å². The second-order valence-electron chi connectivity index (χ2n) is 6.36. The number of sulfonamides is 1. The Kier molecular flexibility index (Phi) is 6.81. The van der Waals surface area contributed by atoms with Crippen molar-refractivity contribution in [3.63, 3.8) is 0 Å². The van der Waals surface area contributed by atoms with Crippen molar-refractivity contribution in [2.45, 2.75) is 24.2 Å². The van der Waals surface area contributed by atoms with E-state index < -0.39 is 10.0 Å². The number of piperazine rings is 1. The number of amides is 1. The van der Waals surface area contributed by atoms with Crippen LogP contribution in [0.4, 0.5) is 0 Å². The first-order chi connectivity index (χ1) is 11.4. The number of carbonyl (C=O) groups is 1. The number of hydrogen-bond acceptors (Lipinski definition) is 5. The first-order valence-electron chi connectivity index (χ1n) is 8.35. The average molecular weight is 389 g/mol. The third-order valence-corrected chi connectivity index (χ3v) is 5.64. The molecule has 0 bridgehead atoms. The minimum Gasteiger partial charge on any atom is -0.351 e. The standard InChI is InChI=1S/C16H24N4O3S.ClH/c17-24(22,23)15-11-13(10-12-2-1-3-14(12)15)16(21)19-6-9-20-7-4-18-5-8-20;/h10-11,18H,1-9H2,(H,19,21)(H2,17,22,23);1H.